The first kappa shape index (κ1) is 22.1. The first-order valence-corrected chi connectivity index (χ1v) is 12.6. The van der Waals surface area contributed by atoms with Crippen LogP contribution >= 0.6 is 11.3 Å². The van der Waals surface area contributed by atoms with E-state index in [2.05, 4.69) is 32.6 Å². The van der Waals surface area contributed by atoms with Crippen LogP contribution in [-0.4, -0.2) is 32.2 Å². The molecule has 0 spiro atoms. The van der Waals surface area contributed by atoms with Gasteiger partial charge >= 0.3 is 5.97 Å². The first-order chi connectivity index (χ1) is 16.9. The van der Waals surface area contributed by atoms with Gasteiger partial charge in [-0.1, -0.05) is 17.3 Å². The Hall–Kier alpha value is -3.36. The Bertz CT molecular complexity index is 1450. The van der Waals surface area contributed by atoms with Crippen molar-refractivity contribution in [2.24, 2.45) is 5.92 Å². The second kappa shape index (κ2) is 8.39. The van der Waals surface area contributed by atoms with E-state index < -0.39 is 11.8 Å². The van der Waals surface area contributed by atoms with Crippen molar-refractivity contribution < 1.29 is 18.8 Å². The lowest BCUT2D eigenvalue weighted by molar-refractivity contribution is -0.147. The summed E-state index contributed by atoms with van der Waals surface area (Å²) in [5, 5.41) is 17.4. The minimum Gasteiger partial charge on any atom is -0.481 e. The summed E-state index contributed by atoms with van der Waals surface area (Å²) >= 11 is 1.60. The van der Waals surface area contributed by atoms with E-state index in [0.29, 0.717) is 30.3 Å². The number of carboxylic acids is 1. The summed E-state index contributed by atoms with van der Waals surface area (Å²) in [6.45, 7) is 5.59. The topological polar surface area (TPSA) is 79.5 Å². The van der Waals surface area contributed by atoms with Gasteiger partial charge in [0.05, 0.1) is 11.5 Å². The number of thiophene rings is 1. The maximum atomic E-state index is 15.1. The largest absolute Gasteiger partial charge is 0.481 e. The molecule has 6 rings (SSSR count). The highest BCUT2D eigenvalue weighted by molar-refractivity contribution is 7.08. The molecule has 35 heavy (non-hydrogen) atoms. The van der Waals surface area contributed by atoms with Crippen molar-refractivity contribution in [2.45, 2.75) is 45.8 Å². The Morgan fingerprint density at radius 3 is 2.60 bits per heavy atom. The van der Waals surface area contributed by atoms with Gasteiger partial charge in [-0.25, -0.2) is 4.39 Å². The predicted molar refractivity (Wildman–Crippen MR) is 131 cm³/mol. The Labute approximate surface area is 206 Å². The number of hydrogen-bond acceptors (Lipinski definition) is 6. The van der Waals surface area contributed by atoms with Crippen LogP contribution in [0.15, 0.2) is 45.6 Å². The van der Waals surface area contributed by atoms with E-state index in [-0.39, 0.29) is 11.8 Å². The summed E-state index contributed by atoms with van der Waals surface area (Å²) in [5.74, 6) is -0.729. The maximum Gasteiger partial charge on any atom is 0.306 e. The average Bonchev–Trinajstić information content (AvgIpc) is 3.52. The molecule has 0 unspecified atom stereocenters. The quantitative estimate of drug-likeness (QED) is 0.367. The van der Waals surface area contributed by atoms with Gasteiger partial charge in [-0.15, -0.1) is 0 Å². The third-order valence-electron chi connectivity index (χ3n) is 7.31. The van der Waals surface area contributed by atoms with Crippen molar-refractivity contribution in [1.82, 2.24) is 15.0 Å². The van der Waals surface area contributed by atoms with Crippen LogP contribution in [0.25, 0.3) is 34.0 Å². The van der Waals surface area contributed by atoms with Gasteiger partial charge in [-0.3, -0.25) is 9.69 Å². The SMILES string of the molecule is Cc1cscc1-c1cc(F)c(-c2nc(-c3ccc4c(c3)CN([C@H]3C[C@H](C(=O)O)C3)C4)no2)cc1C. The molecule has 1 aliphatic carbocycles. The zero-order chi connectivity index (χ0) is 24.3. The highest BCUT2D eigenvalue weighted by Gasteiger charge is 2.39. The van der Waals surface area contributed by atoms with E-state index in [0.717, 1.165) is 40.9 Å². The van der Waals surface area contributed by atoms with Gasteiger partial charge < -0.3 is 9.63 Å². The van der Waals surface area contributed by atoms with Crippen molar-refractivity contribution in [3.05, 3.63) is 69.2 Å². The second-order valence-corrected chi connectivity index (χ2v) is 10.3. The van der Waals surface area contributed by atoms with Crippen molar-refractivity contribution in [3.8, 4) is 34.0 Å². The number of carbonyl (C=O) groups is 1. The number of fused-ring (bicyclic) bond motifs is 1. The summed E-state index contributed by atoms with van der Waals surface area (Å²) in [7, 11) is 0. The molecule has 1 fully saturated rings. The Morgan fingerprint density at radius 2 is 1.86 bits per heavy atom. The van der Waals surface area contributed by atoms with E-state index in [1.807, 2.05) is 25.3 Å². The lowest BCUT2D eigenvalue weighted by atomic mass is 9.79. The zero-order valence-corrected chi connectivity index (χ0v) is 20.2. The van der Waals surface area contributed by atoms with E-state index in [1.54, 1.807) is 23.5 Å². The van der Waals surface area contributed by atoms with Crippen LogP contribution in [0.2, 0.25) is 0 Å². The van der Waals surface area contributed by atoms with Crippen molar-refractivity contribution in [3.63, 3.8) is 0 Å². The van der Waals surface area contributed by atoms with Gasteiger partial charge in [0.15, 0.2) is 0 Å². The van der Waals surface area contributed by atoms with Crippen LogP contribution in [0.4, 0.5) is 4.39 Å². The molecule has 2 aromatic carbocycles. The Morgan fingerprint density at radius 1 is 1.06 bits per heavy atom. The Balaban J connectivity index is 1.23. The fourth-order valence-corrected chi connectivity index (χ4v) is 5.98. The molecular formula is C27H24FN3O3S. The highest BCUT2D eigenvalue weighted by Crippen LogP contribution is 2.38. The van der Waals surface area contributed by atoms with Gasteiger partial charge in [0.1, 0.15) is 5.82 Å². The number of aromatic nitrogens is 2. The molecule has 0 bridgehead atoms. The molecule has 178 valence electrons. The fraction of sp³-hybridized carbons (Fsp3) is 0.296. The maximum absolute atomic E-state index is 15.1. The van der Waals surface area contributed by atoms with Gasteiger partial charge in [-0.2, -0.15) is 16.3 Å². The molecule has 0 atom stereocenters. The van der Waals surface area contributed by atoms with Crippen LogP contribution in [0.5, 0.6) is 0 Å². The van der Waals surface area contributed by atoms with Crippen LogP contribution in [-0.2, 0) is 17.9 Å². The molecule has 2 aromatic heterocycles. The number of rotatable bonds is 5. The van der Waals surface area contributed by atoms with Crippen LogP contribution in [0, 0.1) is 25.6 Å². The fourth-order valence-electron chi connectivity index (χ4n) is 5.13. The van der Waals surface area contributed by atoms with E-state index in [1.165, 1.54) is 11.1 Å². The normalized spacial score (nSPS) is 19.5. The summed E-state index contributed by atoms with van der Waals surface area (Å²) in [5.41, 5.74) is 7.51. The summed E-state index contributed by atoms with van der Waals surface area (Å²) in [6, 6.07) is 9.71. The van der Waals surface area contributed by atoms with Crippen LogP contribution in [0.3, 0.4) is 0 Å². The standard InChI is InChI=1S/C27H24FN3O3S/c1-14-5-22(24(28)9-21(14)23-13-35-12-15(23)2)26-29-25(30-34-26)16-3-4-17-10-31(11-19(17)6-16)20-7-18(8-20)27(32)33/h3-6,9,12-13,18,20H,7-8,10-11H2,1-2H3,(H,32,33)/t18-,20-. The molecule has 6 nitrogen and oxygen atoms in total. The number of halogens is 1. The number of carboxylic acid groups (broad SMARTS) is 1. The molecule has 8 heteroatoms. The zero-order valence-electron chi connectivity index (χ0n) is 19.4. The van der Waals surface area contributed by atoms with Gasteiger partial charge in [0.2, 0.25) is 5.82 Å². The van der Waals surface area contributed by atoms with E-state index in [4.69, 9.17) is 9.63 Å². The monoisotopic (exact) mass is 489 g/mol. The van der Waals surface area contributed by atoms with Gasteiger partial charge in [-0.05, 0) is 89.0 Å². The smallest absolute Gasteiger partial charge is 0.306 e. The van der Waals surface area contributed by atoms with Crippen LogP contribution < -0.4 is 0 Å². The van der Waals surface area contributed by atoms with Crippen molar-refractivity contribution >= 4 is 17.3 Å². The second-order valence-electron chi connectivity index (χ2n) is 9.59. The summed E-state index contributed by atoms with van der Waals surface area (Å²) in [6.07, 6.45) is 1.42. The lowest BCUT2D eigenvalue weighted by Crippen LogP contribution is -2.44. The van der Waals surface area contributed by atoms with Crippen molar-refractivity contribution in [1.29, 1.82) is 0 Å². The third kappa shape index (κ3) is 3.86. The number of benzene rings is 2. The lowest BCUT2D eigenvalue weighted by Gasteiger charge is -2.39. The summed E-state index contributed by atoms with van der Waals surface area (Å²) in [4.78, 5) is 18.0. The molecule has 4 aromatic rings. The molecular weight excluding hydrogens is 465 g/mol. The number of nitrogens with zero attached hydrogens (tertiary/aromatic N) is 3. The third-order valence-corrected chi connectivity index (χ3v) is 8.17. The highest BCUT2D eigenvalue weighted by atomic mass is 32.1. The van der Waals surface area contributed by atoms with Crippen LogP contribution in [0.1, 0.15) is 35.1 Å². The van der Waals surface area contributed by atoms with E-state index >= 15 is 4.39 Å². The van der Waals surface area contributed by atoms with Crippen molar-refractivity contribution in [2.75, 3.05) is 0 Å². The number of aliphatic carboxylic acids is 1. The predicted octanol–water partition coefficient (Wildman–Crippen LogP) is 6.07. The minimum atomic E-state index is -0.698. The molecule has 1 aliphatic heterocycles. The molecule has 2 aliphatic rings. The van der Waals surface area contributed by atoms with E-state index in [9.17, 15) is 4.79 Å². The van der Waals surface area contributed by atoms with Gasteiger partial charge in [0, 0.05) is 24.7 Å². The first-order valence-electron chi connectivity index (χ1n) is 11.6. The minimum absolute atomic E-state index is 0.158. The average molecular weight is 490 g/mol. The summed E-state index contributed by atoms with van der Waals surface area (Å²) < 4.78 is 20.6. The molecule has 0 radical (unpaired) electrons. The van der Waals surface area contributed by atoms with Gasteiger partial charge in [0.25, 0.3) is 5.89 Å². The molecule has 1 saturated carbocycles. The Kier molecular flexibility index (Phi) is 5.30. The number of hydrogen-bond donors (Lipinski definition) is 1. The number of aryl methyl sites for hydroxylation is 2. The molecule has 0 saturated heterocycles. The molecule has 0 amide bonds. The molecule has 3 heterocycles. The molecule has 1 N–H and O–H groups in total.